The molecule has 1 aromatic heterocycles. The number of nitrogens with one attached hydrogen (secondary N) is 2. The number of carbonyl (C=O) groups is 1. The summed E-state index contributed by atoms with van der Waals surface area (Å²) in [5.41, 5.74) is 3.13. The van der Waals surface area contributed by atoms with Gasteiger partial charge in [0.1, 0.15) is 17.4 Å². The number of benzene rings is 3. The quantitative estimate of drug-likeness (QED) is 0.294. The zero-order chi connectivity index (χ0) is 26.8. The maximum atomic E-state index is 12.8. The molecule has 190 valence electrons. The molecule has 0 bridgehead atoms. The fraction of sp³-hybridized carbons (Fsp3) is 0.148. The van der Waals surface area contributed by atoms with Gasteiger partial charge in [0.15, 0.2) is 5.82 Å². The number of hydrogen-bond donors (Lipinski definition) is 3. The van der Waals surface area contributed by atoms with Crippen LogP contribution in [0.1, 0.15) is 28.4 Å². The number of pyridine rings is 1. The first-order valence-electron chi connectivity index (χ1n) is 11.3. The van der Waals surface area contributed by atoms with Gasteiger partial charge in [-0.05, 0) is 42.8 Å². The molecule has 4 aromatic rings. The van der Waals surface area contributed by atoms with Crippen LogP contribution in [0.2, 0.25) is 0 Å². The number of methoxy groups -OCH3 is 1. The molecule has 0 saturated carbocycles. The maximum Gasteiger partial charge on any atom is 0.264 e. The van der Waals surface area contributed by atoms with E-state index in [4.69, 9.17) is 9.29 Å². The summed E-state index contributed by atoms with van der Waals surface area (Å²) < 4.78 is 32.0. The van der Waals surface area contributed by atoms with Crippen molar-refractivity contribution in [2.75, 3.05) is 23.5 Å². The molecule has 0 aliphatic rings. The van der Waals surface area contributed by atoms with Crippen LogP contribution in [0, 0.1) is 11.3 Å². The second-order valence-electron chi connectivity index (χ2n) is 7.73. The van der Waals surface area contributed by atoms with Crippen LogP contribution in [0.25, 0.3) is 10.9 Å². The highest BCUT2D eigenvalue weighted by Gasteiger charge is 2.17. The second-order valence-corrected chi connectivity index (χ2v) is 9.47. The molecular formula is C27H26N4O5S. The Bertz CT molecular complexity index is 1520. The lowest BCUT2D eigenvalue weighted by molar-refractivity contribution is 0.102. The van der Waals surface area contributed by atoms with Gasteiger partial charge in [0.25, 0.3) is 16.0 Å². The molecule has 0 saturated heterocycles. The summed E-state index contributed by atoms with van der Waals surface area (Å²) in [6.07, 6.45) is 0. The number of carbonyl (C=O) groups excluding carboxylic acids is 1. The fourth-order valence-electron chi connectivity index (χ4n) is 3.30. The minimum absolute atomic E-state index is 0.201. The summed E-state index contributed by atoms with van der Waals surface area (Å²) in [6.45, 7) is 1.91. The van der Waals surface area contributed by atoms with Crippen LogP contribution in [0.5, 0.6) is 5.75 Å². The van der Waals surface area contributed by atoms with Gasteiger partial charge in [-0.2, -0.15) is 13.7 Å². The molecule has 0 fully saturated rings. The Labute approximate surface area is 215 Å². The first kappa shape index (κ1) is 27.1. The number of rotatable bonds is 7. The van der Waals surface area contributed by atoms with E-state index in [0.29, 0.717) is 29.1 Å². The Balaban J connectivity index is 0.000000568. The third-order valence-corrected chi connectivity index (χ3v) is 5.99. The summed E-state index contributed by atoms with van der Waals surface area (Å²) in [7, 11) is -2.10. The number of nitriles is 1. The number of anilines is 2. The SMILES string of the molecule is CCS(=O)(=O)O.COc1ccc(C(=O)Nc2nc3ccccc3c(NCc3ccccc3)c2C#N)cc1. The Hall–Kier alpha value is -4.46. The lowest BCUT2D eigenvalue weighted by atomic mass is 10.1. The minimum atomic E-state index is -3.66. The van der Waals surface area contributed by atoms with Crippen LogP contribution in [-0.2, 0) is 16.7 Å². The third-order valence-electron chi connectivity index (χ3n) is 5.27. The molecule has 3 aromatic carbocycles. The lowest BCUT2D eigenvalue weighted by Crippen LogP contribution is -2.15. The molecule has 1 amide bonds. The molecule has 10 heteroatoms. The monoisotopic (exact) mass is 518 g/mol. The predicted octanol–water partition coefficient (Wildman–Crippen LogP) is 4.87. The molecule has 37 heavy (non-hydrogen) atoms. The highest BCUT2D eigenvalue weighted by molar-refractivity contribution is 7.85. The molecule has 0 aliphatic heterocycles. The minimum Gasteiger partial charge on any atom is -0.497 e. The number of fused-ring (bicyclic) bond motifs is 1. The average molecular weight is 519 g/mol. The molecular weight excluding hydrogens is 492 g/mol. The van der Waals surface area contributed by atoms with E-state index in [1.165, 1.54) is 6.92 Å². The van der Waals surface area contributed by atoms with E-state index >= 15 is 0 Å². The van der Waals surface area contributed by atoms with Crippen molar-refractivity contribution in [2.45, 2.75) is 13.5 Å². The summed E-state index contributed by atoms with van der Waals surface area (Å²) in [5.74, 6) is 0.325. The number of ether oxygens (including phenoxy) is 1. The van der Waals surface area contributed by atoms with Crippen molar-refractivity contribution < 1.29 is 22.5 Å². The van der Waals surface area contributed by atoms with Gasteiger partial charge in [0.05, 0.1) is 24.1 Å². The van der Waals surface area contributed by atoms with Crippen molar-refractivity contribution in [3.63, 3.8) is 0 Å². The molecule has 4 rings (SSSR count). The van der Waals surface area contributed by atoms with Crippen molar-refractivity contribution in [1.29, 1.82) is 5.26 Å². The van der Waals surface area contributed by atoms with Crippen molar-refractivity contribution >= 4 is 38.4 Å². The van der Waals surface area contributed by atoms with E-state index in [1.807, 2.05) is 54.6 Å². The van der Waals surface area contributed by atoms with Gasteiger partial charge >= 0.3 is 0 Å². The number of hydrogen-bond acceptors (Lipinski definition) is 7. The summed E-state index contributed by atoms with van der Waals surface area (Å²) in [5, 5.41) is 16.9. The van der Waals surface area contributed by atoms with Crippen molar-refractivity contribution in [3.05, 3.63) is 95.6 Å². The van der Waals surface area contributed by atoms with Gasteiger partial charge in [-0.1, -0.05) is 48.5 Å². The Kier molecular flexibility index (Phi) is 9.16. The predicted molar refractivity (Wildman–Crippen MR) is 143 cm³/mol. The molecule has 3 N–H and O–H groups in total. The van der Waals surface area contributed by atoms with Crippen LogP contribution < -0.4 is 15.4 Å². The standard InChI is InChI=1S/C25H20N4O2.C2H6O3S/c1-31-19-13-11-18(12-14-19)25(30)29-24-21(15-26)23(20-9-5-6-10-22(20)28-24)27-16-17-7-3-2-4-8-17;1-2-6(3,4)5/h2-14H,16H2,1H3,(H2,27,28,29,30);2H2,1H3,(H,3,4,5). The van der Waals surface area contributed by atoms with Gasteiger partial charge in [-0.15, -0.1) is 0 Å². The number of aromatic nitrogens is 1. The molecule has 1 heterocycles. The summed E-state index contributed by atoms with van der Waals surface area (Å²) in [6, 6.07) is 26.4. The number of amides is 1. The van der Waals surface area contributed by atoms with Crippen LogP contribution in [0.3, 0.4) is 0 Å². The molecule has 0 atom stereocenters. The highest BCUT2D eigenvalue weighted by atomic mass is 32.2. The molecule has 0 unspecified atom stereocenters. The number of nitrogens with zero attached hydrogens (tertiary/aromatic N) is 2. The van der Waals surface area contributed by atoms with E-state index in [1.54, 1.807) is 31.4 Å². The van der Waals surface area contributed by atoms with Crippen molar-refractivity contribution in [1.82, 2.24) is 4.98 Å². The van der Waals surface area contributed by atoms with Gasteiger partial charge in [-0.3, -0.25) is 9.35 Å². The second kappa shape index (κ2) is 12.5. The van der Waals surface area contributed by atoms with Crippen LogP contribution in [0.4, 0.5) is 11.5 Å². The van der Waals surface area contributed by atoms with Crippen LogP contribution in [0.15, 0.2) is 78.9 Å². The molecule has 0 aliphatic carbocycles. The first-order chi connectivity index (χ1) is 17.8. The fourth-order valence-corrected chi connectivity index (χ4v) is 3.30. The topological polar surface area (TPSA) is 141 Å². The van der Waals surface area contributed by atoms with Crippen molar-refractivity contribution in [3.8, 4) is 11.8 Å². The normalized spacial score (nSPS) is 10.5. The van der Waals surface area contributed by atoms with Gasteiger partial charge in [0, 0.05) is 17.5 Å². The molecule has 0 radical (unpaired) electrons. The summed E-state index contributed by atoms with van der Waals surface area (Å²) in [4.78, 5) is 17.3. The van der Waals surface area contributed by atoms with E-state index in [-0.39, 0.29) is 23.0 Å². The van der Waals surface area contributed by atoms with E-state index < -0.39 is 10.1 Å². The number of para-hydroxylation sites is 1. The lowest BCUT2D eigenvalue weighted by Gasteiger charge is -2.15. The highest BCUT2D eigenvalue weighted by Crippen LogP contribution is 2.31. The van der Waals surface area contributed by atoms with Crippen molar-refractivity contribution in [2.24, 2.45) is 0 Å². The zero-order valence-electron chi connectivity index (χ0n) is 20.3. The zero-order valence-corrected chi connectivity index (χ0v) is 21.1. The largest absolute Gasteiger partial charge is 0.497 e. The van der Waals surface area contributed by atoms with Gasteiger partial charge < -0.3 is 15.4 Å². The van der Waals surface area contributed by atoms with Crippen LogP contribution >= 0.6 is 0 Å². The average Bonchev–Trinajstić information content (AvgIpc) is 2.92. The maximum absolute atomic E-state index is 12.8. The summed E-state index contributed by atoms with van der Waals surface area (Å²) >= 11 is 0. The van der Waals surface area contributed by atoms with E-state index in [0.717, 1.165) is 10.9 Å². The van der Waals surface area contributed by atoms with Crippen LogP contribution in [-0.4, -0.2) is 36.7 Å². The first-order valence-corrected chi connectivity index (χ1v) is 12.9. The Morgan fingerprint density at radius 1 is 1.03 bits per heavy atom. The van der Waals surface area contributed by atoms with Gasteiger partial charge in [-0.25, -0.2) is 4.98 Å². The van der Waals surface area contributed by atoms with E-state index in [2.05, 4.69) is 21.7 Å². The smallest absolute Gasteiger partial charge is 0.264 e. The Morgan fingerprint density at radius 3 is 2.24 bits per heavy atom. The Morgan fingerprint density at radius 2 is 1.65 bits per heavy atom. The van der Waals surface area contributed by atoms with E-state index in [9.17, 15) is 18.5 Å². The molecule has 0 spiro atoms. The third kappa shape index (κ3) is 7.51. The molecule has 9 nitrogen and oxygen atoms in total. The van der Waals surface area contributed by atoms with Gasteiger partial charge in [0.2, 0.25) is 0 Å².